The summed E-state index contributed by atoms with van der Waals surface area (Å²) >= 11 is 0. The average Bonchev–Trinajstić information content (AvgIpc) is 2.27. The molecule has 80 valence electrons. The van der Waals surface area contributed by atoms with Gasteiger partial charge in [-0.15, -0.1) is 6.42 Å². The fourth-order valence-electron chi connectivity index (χ4n) is 1.44. The summed E-state index contributed by atoms with van der Waals surface area (Å²) in [5.41, 5.74) is 2.49. The van der Waals surface area contributed by atoms with Crippen molar-refractivity contribution < 1.29 is 0 Å². The van der Waals surface area contributed by atoms with E-state index in [0.717, 1.165) is 13.0 Å². The van der Waals surface area contributed by atoms with E-state index in [9.17, 15) is 0 Å². The van der Waals surface area contributed by atoms with Gasteiger partial charge in [0.25, 0.3) is 0 Å². The molecule has 0 unspecified atom stereocenters. The van der Waals surface area contributed by atoms with E-state index in [0.29, 0.717) is 0 Å². The first-order valence-corrected chi connectivity index (χ1v) is 5.38. The summed E-state index contributed by atoms with van der Waals surface area (Å²) in [4.78, 5) is 0. The van der Waals surface area contributed by atoms with Gasteiger partial charge in [-0.2, -0.15) is 0 Å². The van der Waals surface area contributed by atoms with Crippen LogP contribution < -0.4 is 5.32 Å². The van der Waals surface area contributed by atoms with E-state index in [4.69, 9.17) is 6.42 Å². The highest BCUT2D eigenvalue weighted by molar-refractivity contribution is 5.27. The van der Waals surface area contributed by atoms with Crippen molar-refractivity contribution in [2.45, 2.75) is 39.3 Å². The summed E-state index contributed by atoms with van der Waals surface area (Å²) in [5.74, 6) is 2.74. The second kappa shape index (κ2) is 5.00. The van der Waals surface area contributed by atoms with E-state index in [1.807, 2.05) is 13.8 Å². The van der Waals surface area contributed by atoms with Gasteiger partial charge in [0.05, 0.1) is 5.54 Å². The third kappa shape index (κ3) is 3.42. The Bertz CT molecular complexity index is 358. The molecule has 1 rings (SSSR count). The normalized spacial score (nSPS) is 11.1. The van der Waals surface area contributed by atoms with Crippen molar-refractivity contribution in [2.75, 3.05) is 0 Å². The number of nitrogens with one attached hydrogen (secondary N) is 1. The minimum absolute atomic E-state index is 0.235. The van der Waals surface area contributed by atoms with Gasteiger partial charge in [0.15, 0.2) is 0 Å². The van der Waals surface area contributed by atoms with Crippen molar-refractivity contribution in [3.05, 3.63) is 35.4 Å². The van der Waals surface area contributed by atoms with Crippen LogP contribution in [0.4, 0.5) is 0 Å². The van der Waals surface area contributed by atoms with E-state index >= 15 is 0 Å². The maximum Gasteiger partial charge on any atom is 0.0743 e. The van der Waals surface area contributed by atoms with Gasteiger partial charge in [-0.05, 0) is 31.4 Å². The molecule has 0 spiro atoms. The van der Waals surface area contributed by atoms with E-state index in [2.05, 4.69) is 42.4 Å². The Morgan fingerprint density at radius 1 is 1.27 bits per heavy atom. The van der Waals surface area contributed by atoms with Gasteiger partial charge in [-0.3, -0.25) is 5.32 Å². The van der Waals surface area contributed by atoms with Gasteiger partial charge in [0.1, 0.15) is 0 Å². The molecule has 1 nitrogen and oxygen atoms in total. The Balaban J connectivity index is 2.70. The first-order valence-electron chi connectivity index (χ1n) is 5.38. The van der Waals surface area contributed by atoms with Crippen LogP contribution in [0.1, 0.15) is 31.9 Å². The van der Waals surface area contributed by atoms with E-state index in [1.165, 1.54) is 11.1 Å². The number of aryl methyl sites for hydroxylation is 1. The summed E-state index contributed by atoms with van der Waals surface area (Å²) in [6.07, 6.45) is 6.49. The molecule has 0 aromatic heterocycles. The van der Waals surface area contributed by atoms with Gasteiger partial charge in [-0.1, -0.05) is 37.1 Å². The third-order valence-electron chi connectivity index (χ3n) is 2.58. The van der Waals surface area contributed by atoms with Crippen molar-refractivity contribution in [3.63, 3.8) is 0 Å². The van der Waals surface area contributed by atoms with Crippen LogP contribution in [0.25, 0.3) is 0 Å². The molecule has 0 amide bonds. The molecule has 0 saturated heterocycles. The maximum absolute atomic E-state index is 5.43. The van der Waals surface area contributed by atoms with Crippen LogP contribution in [0.5, 0.6) is 0 Å². The lowest BCUT2D eigenvalue weighted by Crippen LogP contribution is -2.37. The molecule has 1 aromatic carbocycles. The molecule has 0 aliphatic carbocycles. The minimum atomic E-state index is -0.235. The van der Waals surface area contributed by atoms with Crippen LogP contribution >= 0.6 is 0 Å². The van der Waals surface area contributed by atoms with Crippen molar-refractivity contribution in [2.24, 2.45) is 0 Å². The Morgan fingerprint density at radius 2 is 1.87 bits per heavy atom. The predicted molar refractivity (Wildman–Crippen MR) is 65.6 cm³/mol. The lowest BCUT2D eigenvalue weighted by Gasteiger charge is -2.20. The van der Waals surface area contributed by atoms with Crippen LogP contribution in [0.3, 0.4) is 0 Å². The van der Waals surface area contributed by atoms with Crippen LogP contribution in [-0.4, -0.2) is 5.54 Å². The summed E-state index contributed by atoms with van der Waals surface area (Å²) in [5, 5.41) is 3.36. The molecule has 1 heteroatoms. The molecule has 15 heavy (non-hydrogen) atoms. The summed E-state index contributed by atoms with van der Waals surface area (Å²) in [6.45, 7) is 7.04. The molecule has 1 N–H and O–H groups in total. The number of rotatable bonds is 4. The maximum atomic E-state index is 5.43. The zero-order valence-electron chi connectivity index (χ0n) is 9.80. The van der Waals surface area contributed by atoms with Gasteiger partial charge in [0, 0.05) is 6.54 Å². The molecule has 0 aliphatic rings. The topological polar surface area (TPSA) is 12.0 Å². The van der Waals surface area contributed by atoms with E-state index in [1.54, 1.807) is 0 Å². The monoisotopic (exact) mass is 201 g/mol. The molecule has 0 fully saturated rings. The lowest BCUT2D eigenvalue weighted by molar-refractivity contribution is 0.490. The first-order chi connectivity index (χ1) is 7.09. The van der Waals surface area contributed by atoms with Crippen LogP contribution in [0, 0.1) is 12.3 Å². The number of hydrogen-bond donors (Lipinski definition) is 1. The Labute approximate surface area is 92.9 Å². The zero-order chi connectivity index (χ0) is 11.3. The average molecular weight is 201 g/mol. The molecule has 0 atom stereocenters. The first kappa shape index (κ1) is 11.8. The van der Waals surface area contributed by atoms with Crippen molar-refractivity contribution in [1.29, 1.82) is 0 Å². The smallest absolute Gasteiger partial charge is 0.0743 e. The number of terminal acetylenes is 1. The molecular formula is C14H19N. The molecule has 0 aliphatic heterocycles. The highest BCUT2D eigenvalue weighted by Gasteiger charge is 2.12. The fraction of sp³-hybridized carbons (Fsp3) is 0.429. The SMILES string of the molecule is C#CC(C)(C)NCc1ccccc1CC. The summed E-state index contributed by atoms with van der Waals surface area (Å²) < 4.78 is 0. The highest BCUT2D eigenvalue weighted by Crippen LogP contribution is 2.10. The van der Waals surface area contributed by atoms with Gasteiger partial charge >= 0.3 is 0 Å². The van der Waals surface area contributed by atoms with Crippen molar-refractivity contribution in [1.82, 2.24) is 5.32 Å². The Morgan fingerprint density at radius 3 is 2.40 bits per heavy atom. The Kier molecular flexibility index (Phi) is 3.94. The molecular weight excluding hydrogens is 182 g/mol. The lowest BCUT2D eigenvalue weighted by atomic mass is 10.0. The second-order valence-electron chi connectivity index (χ2n) is 4.25. The van der Waals surface area contributed by atoms with Crippen molar-refractivity contribution >= 4 is 0 Å². The van der Waals surface area contributed by atoms with Crippen LogP contribution in [-0.2, 0) is 13.0 Å². The second-order valence-corrected chi connectivity index (χ2v) is 4.25. The molecule has 0 bridgehead atoms. The third-order valence-corrected chi connectivity index (χ3v) is 2.58. The van der Waals surface area contributed by atoms with Crippen LogP contribution in [0.2, 0.25) is 0 Å². The van der Waals surface area contributed by atoms with Crippen LogP contribution in [0.15, 0.2) is 24.3 Å². The largest absolute Gasteiger partial charge is 0.297 e. The standard InChI is InChI=1S/C14H19N/c1-5-12-9-7-8-10-13(12)11-15-14(3,4)6-2/h2,7-10,15H,5,11H2,1,3-4H3. The molecule has 0 saturated carbocycles. The van der Waals surface area contributed by atoms with Crippen molar-refractivity contribution in [3.8, 4) is 12.3 Å². The fourth-order valence-corrected chi connectivity index (χ4v) is 1.44. The molecule has 1 aromatic rings. The van der Waals surface area contributed by atoms with E-state index in [-0.39, 0.29) is 5.54 Å². The minimum Gasteiger partial charge on any atom is -0.297 e. The molecule has 0 radical (unpaired) electrons. The Hall–Kier alpha value is -1.26. The van der Waals surface area contributed by atoms with Gasteiger partial charge in [-0.25, -0.2) is 0 Å². The van der Waals surface area contributed by atoms with Gasteiger partial charge in [0.2, 0.25) is 0 Å². The number of benzene rings is 1. The zero-order valence-corrected chi connectivity index (χ0v) is 9.80. The number of hydrogen-bond acceptors (Lipinski definition) is 1. The van der Waals surface area contributed by atoms with Gasteiger partial charge < -0.3 is 0 Å². The highest BCUT2D eigenvalue weighted by atomic mass is 14.9. The predicted octanol–water partition coefficient (Wildman–Crippen LogP) is 2.75. The molecule has 0 heterocycles. The summed E-state index contributed by atoms with van der Waals surface area (Å²) in [6, 6.07) is 8.46. The van der Waals surface area contributed by atoms with E-state index < -0.39 is 0 Å². The quantitative estimate of drug-likeness (QED) is 0.739. The summed E-state index contributed by atoms with van der Waals surface area (Å²) in [7, 11) is 0.